The van der Waals surface area contributed by atoms with Gasteiger partial charge in [0.25, 0.3) is 5.91 Å². The second-order valence-electron chi connectivity index (χ2n) is 8.21. The van der Waals surface area contributed by atoms with Crippen LogP contribution in [0.1, 0.15) is 36.0 Å². The zero-order valence-electron chi connectivity index (χ0n) is 16.5. The fourth-order valence-corrected chi connectivity index (χ4v) is 4.28. The van der Waals surface area contributed by atoms with Gasteiger partial charge in [0, 0.05) is 30.9 Å². The van der Waals surface area contributed by atoms with E-state index in [0.717, 1.165) is 36.8 Å². The van der Waals surface area contributed by atoms with Crippen molar-refractivity contribution in [3.63, 3.8) is 0 Å². The van der Waals surface area contributed by atoms with E-state index >= 15 is 0 Å². The lowest BCUT2D eigenvalue weighted by Gasteiger charge is -2.32. The van der Waals surface area contributed by atoms with Gasteiger partial charge >= 0.3 is 0 Å². The first-order valence-corrected chi connectivity index (χ1v) is 10.6. The Kier molecular flexibility index (Phi) is 4.70. The second kappa shape index (κ2) is 7.40. The number of nitrogens with zero attached hydrogens (tertiary/aromatic N) is 4. The maximum Gasteiger partial charge on any atom is 0.253 e. The predicted octanol–water partition coefficient (Wildman–Crippen LogP) is 3.21. The van der Waals surface area contributed by atoms with Crippen LogP contribution in [0.5, 0.6) is 0 Å². The summed E-state index contributed by atoms with van der Waals surface area (Å²) in [5.74, 6) is 0.243. The van der Waals surface area contributed by atoms with Crippen LogP contribution in [0.4, 0.5) is 0 Å². The number of halogens is 1. The monoisotopic (exact) mass is 423 g/mol. The topological polar surface area (TPSA) is 80.1 Å². The molecular weight excluding hydrogens is 402 g/mol. The summed E-state index contributed by atoms with van der Waals surface area (Å²) >= 11 is 6.20. The Morgan fingerprint density at radius 1 is 1.10 bits per heavy atom. The third-order valence-corrected chi connectivity index (χ3v) is 6.61. The molecule has 3 aromatic rings. The number of aromatic nitrogens is 3. The average Bonchev–Trinajstić information content (AvgIpc) is 3.36. The van der Waals surface area contributed by atoms with E-state index < -0.39 is 0 Å². The number of hydrogen-bond acceptors (Lipinski definition) is 4. The minimum Gasteiger partial charge on any atom is -0.343 e. The smallest absolute Gasteiger partial charge is 0.253 e. The van der Waals surface area contributed by atoms with E-state index in [1.165, 1.54) is 19.0 Å². The van der Waals surface area contributed by atoms with Crippen LogP contribution in [0.25, 0.3) is 16.7 Å². The molecule has 0 radical (unpaired) electrons. The molecule has 1 aliphatic heterocycles. The van der Waals surface area contributed by atoms with Crippen LogP contribution in [-0.2, 0) is 4.79 Å². The number of likely N-dealkylation sites (tertiary alicyclic amines) is 1. The molecule has 1 saturated carbocycles. The lowest BCUT2D eigenvalue weighted by molar-refractivity contribution is -0.131. The zero-order chi connectivity index (χ0) is 20.7. The molecule has 1 aliphatic carbocycles. The Labute approximate surface area is 179 Å². The summed E-state index contributed by atoms with van der Waals surface area (Å²) in [7, 11) is 0. The number of piperidine rings is 1. The van der Waals surface area contributed by atoms with E-state index in [-0.39, 0.29) is 18.4 Å². The van der Waals surface area contributed by atoms with Crippen LogP contribution in [0.15, 0.2) is 42.7 Å². The molecule has 154 valence electrons. The second-order valence-corrected chi connectivity index (χ2v) is 8.62. The number of hydrogen-bond donors (Lipinski definition) is 1. The SMILES string of the molecule is O=C(NCC(=O)N1CCC2(CC1)CC2)c1ccc(-n2cc3c(Cl)cccc3n2)nc1. The first-order valence-electron chi connectivity index (χ1n) is 10.2. The van der Waals surface area contributed by atoms with Gasteiger partial charge in [0.1, 0.15) is 0 Å². The van der Waals surface area contributed by atoms with Gasteiger partial charge in [-0.2, -0.15) is 5.10 Å². The maximum atomic E-state index is 12.4. The van der Waals surface area contributed by atoms with Gasteiger partial charge in [0.15, 0.2) is 5.82 Å². The minimum atomic E-state index is -0.313. The van der Waals surface area contributed by atoms with E-state index in [2.05, 4.69) is 15.4 Å². The molecule has 0 bridgehead atoms. The van der Waals surface area contributed by atoms with Crippen molar-refractivity contribution < 1.29 is 9.59 Å². The molecule has 2 aliphatic rings. The predicted molar refractivity (Wildman–Crippen MR) is 114 cm³/mol. The van der Waals surface area contributed by atoms with Gasteiger partial charge in [-0.25, -0.2) is 9.67 Å². The third-order valence-electron chi connectivity index (χ3n) is 6.28. The van der Waals surface area contributed by atoms with Crippen molar-refractivity contribution in [1.82, 2.24) is 25.0 Å². The molecule has 1 saturated heterocycles. The molecule has 2 fully saturated rings. The first-order chi connectivity index (χ1) is 14.5. The summed E-state index contributed by atoms with van der Waals surface area (Å²) in [6.07, 6.45) is 8.08. The summed E-state index contributed by atoms with van der Waals surface area (Å²) in [6, 6.07) is 8.93. The standard InChI is InChI=1S/C22H22ClN5O2/c23-17-2-1-3-18-16(17)14-28(26-18)19-5-4-15(12-24-19)21(30)25-13-20(29)27-10-8-22(6-7-22)9-11-27/h1-5,12,14H,6-11,13H2,(H,25,30). The van der Waals surface area contributed by atoms with E-state index in [1.54, 1.807) is 16.8 Å². The van der Waals surface area contributed by atoms with E-state index in [1.807, 2.05) is 29.3 Å². The molecule has 0 unspecified atom stereocenters. The highest BCUT2D eigenvalue weighted by Gasteiger charge is 2.44. The minimum absolute atomic E-state index is 0.0105. The van der Waals surface area contributed by atoms with Crippen LogP contribution in [0, 0.1) is 5.41 Å². The van der Waals surface area contributed by atoms with E-state index in [4.69, 9.17) is 11.6 Å². The summed E-state index contributed by atoms with van der Waals surface area (Å²) < 4.78 is 1.63. The van der Waals surface area contributed by atoms with Gasteiger partial charge in [0.2, 0.25) is 5.91 Å². The van der Waals surface area contributed by atoms with Gasteiger partial charge < -0.3 is 10.2 Å². The van der Waals surface area contributed by atoms with Gasteiger partial charge in [0.05, 0.1) is 22.6 Å². The number of pyridine rings is 1. The molecule has 8 heteroatoms. The molecule has 5 rings (SSSR count). The Hall–Kier alpha value is -2.93. The Balaban J connectivity index is 1.20. The number of amides is 2. The van der Waals surface area contributed by atoms with Crippen LogP contribution in [0.2, 0.25) is 5.02 Å². The first kappa shape index (κ1) is 19.1. The summed E-state index contributed by atoms with van der Waals surface area (Å²) in [5.41, 5.74) is 1.70. The molecule has 2 amide bonds. The maximum absolute atomic E-state index is 12.4. The molecule has 3 heterocycles. The molecule has 1 aromatic carbocycles. The van der Waals surface area contributed by atoms with Crippen molar-refractivity contribution in [2.75, 3.05) is 19.6 Å². The lowest BCUT2D eigenvalue weighted by atomic mass is 9.94. The average molecular weight is 424 g/mol. The van der Waals surface area contributed by atoms with Crippen molar-refractivity contribution in [2.45, 2.75) is 25.7 Å². The van der Waals surface area contributed by atoms with Crippen LogP contribution >= 0.6 is 11.6 Å². The lowest BCUT2D eigenvalue weighted by Crippen LogP contribution is -2.44. The highest BCUT2D eigenvalue weighted by Crippen LogP contribution is 2.53. The quantitative estimate of drug-likeness (QED) is 0.698. The fourth-order valence-electron chi connectivity index (χ4n) is 4.06. The Morgan fingerprint density at radius 2 is 1.90 bits per heavy atom. The Bertz CT molecular complexity index is 1110. The molecule has 1 N–H and O–H groups in total. The zero-order valence-corrected chi connectivity index (χ0v) is 17.2. The van der Waals surface area contributed by atoms with Crippen molar-refractivity contribution in [3.05, 3.63) is 53.3 Å². The number of rotatable bonds is 4. The summed E-state index contributed by atoms with van der Waals surface area (Å²) in [6.45, 7) is 1.61. The van der Waals surface area contributed by atoms with Crippen molar-refractivity contribution in [3.8, 4) is 5.82 Å². The number of carbonyl (C=O) groups excluding carboxylic acids is 2. The summed E-state index contributed by atoms with van der Waals surface area (Å²) in [4.78, 5) is 31.0. The largest absolute Gasteiger partial charge is 0.343 e. The van der Waals surface area contributed by atoms with Crippen LogP contribution in [-0.4, -0.2) is 51.1 Å². The van der Waals surface area contributed by atoms with Crippen LogP contribution in [0.3, 0.4) is 0 Å². The third kappa shape index (κ3) is 3.65. The highest BCUT2D eigenvalue weighted by molar-refractivity contribution is 6.35. The van der Waals surface area contributed by atoms with Crippen LogP contribution < -0.4 is 5.32 Å². The Morgan fingerprint density at radius 3 is 2.57 bits per heavy atom. The fraction of sp³-hybridized carbons (Fsp3) is 0.364. The number of benzene rings is 1. The van der Waals surface area contributed by atoms with Crippen molar-refractivity contribution in [2.24, 2.45) is 5.41 Å². The normalized spacial score (nSPS) is 17.3. The molecule has 2 aromatic heterocycles. The van der Waals surface area contributed by atoms with Gasteiger partial charge in [-0.05, 0) is 55.4 Å². The molecule has 7 nitrogen and oxygen atoms in total. The van der Waals surface area contributed by atoms with Crippen molar-refractivity contribution >= 4 is 34.3 Å². The van der Waals surface area contributed by atoms with E-state index in [0.29, 0.717) is 21.8 Å². The van der Waals surface area contributed by atoms with Gasteiger partial charge in [-0.1, -0.05) is 17.7 Å². The van der Waals surface area contributed by atoms with Crippen molar-refractivity contribution in [1.29, 1.82) is 0 Å². The van der Waals surface area contributed by atoms with Gasteiger partial charge in [-0.15, -0.1) is 0 Å². The number of nitrogens with one attached hydrogen (secondary N) is 1. The van der Waals surface area contributed by atoms with E-state index in [9.17, 15) is 9.59 Å². The molecular formula is C22H22ClN5O2. The number of carbonyl (C=O) groups is 2. The highest BCUT2D eigenvalue weighted by atomic mass is 35.5. The molecule has 30 heavy (non-hydrogen) atoms. The number of fused-ring (bicyclic) bond motifs is 1. The molecule has 0 atom stereocenters. The van der Waals surface area contributed by atoms with Gasteiger partial charge in [-0.3, -0.25) is 9.59 Å². The molecule has 1 spiro atoms. The summed E-state index contributed by atoms with van der Waals surface area (Å²) in [5, 5.41) is 8.64.